The molecular formula is C45H29N3O. The van der Waals surface area contributed by atoms with Gasteiger partial charge in [-0.25, -0.2) is 15.0 Å². The van der Waals surface area contributed by atoms with Crippen LogP contribution in [0.15, 0.2) is 180 Å². The minimum atomic E-state index is -0.774. The largest absolute Gasteiger partial charge is 0.456 e. The summed E-state index contributed by atoms with van der Waals surface area (Å²) in [6, 6.07) is 20.4. The molecule has 0 spiro atoms. The molecule has 0 N–H and O–H groups in total. The van der Waals surface area contributed by atoms with Crippen molar-refractivity contribution in [3.8, 4) is 67.5 Å². The fraction of sp³-hybridized carbons (Fsp3) is 0. The third-order valence-electron chi connectivity index (χ3n) is 7.98. The number of nitrogens with zero attached hydrogens (tertiary/aromatic N) is 3. The summed E-state index contributed by atoms with van der Waals surface area (Å²) in [5, 5.41) is 1.70. The number of hydrogen-bond donors (Lipinski definition) is 0. The first-order chi connectivity index (χ1) is 29.7. The zero-order valence-electron chi connectivity index (χ0n) is 38.5. The molecule has 7 aromatic carbocycles. The molecule has 9 aromatic rings. The number of fused-ring (bicyclic) bond motifs is 3. The highest BCUT2D eigenvalue weighted by Crippen LogP contribution is 2.36. The normalized spacial score (nSPS) is 15.0. The smallest absolute Gasteiger partial charge is 0.164 e. The average Bonchev–Trinajstić information content (AvgIpc) is 3.66. The number of benzene rings is 7. The number of furan rings is 1. The molecular weight excluding hydrogens is 599 g/mol. The first kappa shape index (κ1) is 18.0. The topological polar surface area (TPSA) is 51.8 Å². The van der Waals surface area contributed by atoms with E-state index < -0.39 is 106 Å². The third-order valence-corrected chi connectivity index (χ3v) is 7.98. The van der Waals surface area contributed by atoms with Gasteiger partial charge in [0.15, 0.2) is 17.5 Å². The fourth-order valence-corrected chi connectivity index (χ4v) is 5.64. The van der Waals surface area contributed by atoms with Gasteiger partial charge in [-0.2, -0.15) is 0 Å². The van der Waals surface area contributed by atoms with Crippen LogP contribution in [0.2, 0.25) is 0 Å². The molecule has 0 aliphatic heterocycles. The molecule has 0 aliphatic carbocycles. The molecule has 0 saturated carbocycles. The standard InChI is InChI=1S/C45H29N3O/c1-5-13-30(14-6-1)34-21-23-39-40-24-22-35(29-42(40)49-41(39)28-34)44-46-43(33-19-11-4-12-20-33)47-45(48-44)38-26-36(31-15-7-2-8-16-31)25-37(27-38)32-17-9-3-10-18-32/h1-29H/i2D,3D,7D,8D,9D,10D,15D,16D,17D,18D,25D,26D,27D. The van der Waals surface area contributed by atoms with E-state index in [4.69, 9.17) is 33.1 Å². The Morgan fingerprint density at radius 1 is 0.367 bits per heavy atom. The summed E-state index contributed by atoms with van der Waals surface area (Å²) in [7, 11) is 0. The van der Waals surface area contributed by atoms with Gasteiger partial charge in [-0.15, -0.1) is 0 Å². The van der Waals surface area contributed by atoms with Crippen LogP contribution in [0.3, 0.4) is 0 Å². The lowest BCUT2D eigenvalue weighted by Gasteiger charge is -2.12. The van der Waals surface area contributed by atoms with Crippen molar-refractivity contribution >= 4 is 21.9 Å². The number of rotatable bonds is 6. The van der Waals surface area contributed by atoms with E-state index in [9.17, 15) is 4.11 Å². The van der Waals surface area contributed by atoms with Gasteiger partial charge in [-0.05, 0) is 75.8 Å². The molecule has 0 fully saturated rings. The molecule has 230 valence electrons. The van der Waals surface area contributed by atoms with Crippen LogP contribution < -0.4 is 0 Å². The van der Waals surface area contributed by atoms with Gasteiger partial charge in [0.05, 0.1) is 17.8 Å². The van der Waals surface area contributed by atoms with Gasteiger partial charge in [-0.1, -0.05) is 133 Å². The van der Waals surface area contributed by atoms with Crippen LogP contribution in [0.5, 0.6) is 0 Å². The summed E-state index contributed by atoms with van der Waals surface area (Å²) in [4.78, 5) is 14.3. The summed E-state index contributed by atoms with van der Waals surface area (Å²) >= 11 is 0. The van der Waals surface area contributed by atoms with Crippen molar-refractivity contribution < 1.29 is 22.2 Å². The quantitative estimate of drug-likeness (QED) is 0.181. The van der Waals surface area contributed by atoms with Crippen LogP contribution in [0, 0.1) is 0 Å². The second-order valence-electron chi connectivity index (χ2n) is 11.1. The van der Waals surface area contributed by atoms with Crippen molar-refractivity contribution in [3.63, 3.8) is 0 Å². The first-order valence-corrected chi connectivity index (χ1v) is 15.3. The van der Waals surface area contributed by atoms with Gasteiger partial charge < -0.3 is 4.42 Å². The molecule has 0 radical (unpaired) electrons. The van der Waals surface area contributed by atoms with Gasteiger partial charge in [0.1, 0.15) is 11.2 Å². The van der Waals surface area contributed by atoms with E-state index in [0.717, 1.165) is 21.9 Å². The van der Waals surface area contributed by atoms with E-state index >= 15 is 0 Å². The van der Waals surface area contributed by atoms with E-state index in [1.165, 1.54) is 0 Å². The number of hydrogen-bond acceptors (Lipinski definition) is 4. The van der Waals surface area contributed by atoms with Gasteiger partial charge >= 0.3 is 0 Å². The Hall–Kier alpha value is -6.65. The molecule has 4 heteroatoms. The second-order valence-corrected chi connectivity index (χ2v) is 11.1. The van der Waals surface area contributed by atoms with E-state index in [2.05, 4.69) is 0 Å². The lowest BCUT2D eigenvalue weighted by Crippen LogP contribution is -2.00. The van der Waals surface area contributed by atoms with Crippen molar-refractivity contribution in [2.75, 3.05) is 0 Å². The zero-order valence-corrected chi connectivity index (χ0v) is 25.5. The maximum absolute atomic E-state index is 9.59. The lowest BCUT2D eigenvalue weighted by molar-refractivity contribution is 0.669. The monoisotopic (exact) mass is 640 g/mol. The molecule has 0 aliphatic rings. The minimum absolute atomic E-state index is 0.0728. The summed E-state index contributed by atoms with van der Waals surface area (Å²) in [5.74, 6) is -0.128. The maximum atomic E-state index is 9.59. The highest BCUT2D eigenvalue weighted by molar-refractivity contribution is 6.06. The Morgan fingerprint density at radius 3 is 1.39 bits per heavy atom. The Bertz CT molecular complexity index is 3190. The van der Waals surface area contributed by atoms with E-state index in [0.29, 0.717) is 22.3 Å². The van der Waals surface area contributed by atoms with Crippen molar-refractivity contribution in [3.05, 3.63) is 176 Å². The van der Waals surface area contributed by atoms with Crippen molar-refractivity contribution in [2.45, 2.75) is 0 Å². The van der Waals surface area contributed by atoms with Crippen LogP contribution >= 0.6 is 0 Å². The Morgan fingerprint density at radius 2 is 0.816 bits per heavy atom. The van der Waals surface area contributed by atoms with E-state index in [1.807, 2.05) is 54.6 Å². The molecule has 0 bridgehead atoms. The molecule has 0 saturated heterocycles. The Kier molecular flexibility index (Phi) is 4.48. The molecule has 49 heavy (non-hydrogen) atoms. The van der Waals surface area contributed by atoms with Crippen molar-refractivity contribution in [2.24, 2.45) is 0 Å². The van der Waals surface area contributed by atoms with Crippen LogP contribution in [0.4, 0.5) is 0 Å². The Labute approximate surface area is 302 Å². The van der Waals surface area contributed by atoms with Crippen LogP contribution in [0.25, 0.3) is 89.5 Å². The second kappa shape index (κ2) is 12.2. The summed E-state index contributed by atoms with van der Waals surface area (Å²) < 4.78 is 120. The third kappa shape index (κ3) is 5.56. The van der Waals surface area contributed by atoms with Gasteiger partial charge in [0, 0.05) is 27.5 Å². The van der Waals surface area contributed by atoms with Crippen LogP contribution in [0.1, 0.15) is 17.8 Å². The lowest BCUT2D eigenvalue weighted by atomic mass is 9.96. The molecule has 4 nitrogen and oxygen atoms in total. The molecule has 0 unspecified atom stereocenters. The summed E-state index contributed by atoms with van der Waals surface area (Å²) in [6.45, 7) is 0. The SMILES string of the molecule is [2H]c1c([2H])c([2H])c(-c2c([2H])c(-c3nc(-c4ccccc4)nc(-c4ccc5c(c4)oc4cc(-c6ccccc6)ccc45)n3)c([2H])c(-c3c([2H])c([2H])c([2H])c([2H])c3[2H])c2[2H])c([2H])c1[2H]. The molecule has 2 aromatic heterocycles. The van der Waals surface area contributed by atoms with E-state index in [-0.39, 0.29) is 17.5 Å². The molecule has 2 heterocycles. The average molecular weight is 641 g/mol. The predicted molar refractivity (Wildman–Crippen MR) is 200 cm³/mol. The summed E-state index contributed by atoms with van der Waals surface area (Å²) in [5.41, 5.74) is 1.45. The maximum Gasteiger partial charge on any atom is 0.164 e. The fourth-order valence-electron chi connectivity index (χ4n) is 5.64. The highest BCUT2D eigenvalue weighted by atomic mass is 16.3. The van der Waals surface area contributed by atoms with Gasteiger partial charge in [0.2, 0.25) is 0 Å². The zero-order chi connectivity index (χ0) is 43.9. The van der Waals surface area contributed by atoms with E-state index in [1.54, 1.807) is 42.5 Å². The summed E-state index contributed by atoms with van der Waals surface area (Å²) in [6.07, 6.45) is 0. The van der Waals surface area contributed by atoms with Gasteiger partial charge in [-0.3, -0.25) is 0 Å². The van der Waals surface area contributed by atoms with Crippen LogP contribution in [-0.4, -0.2) is 15.0 Å². The van der Waals surface area contributed by atoms with Crippen LogP contribution in [-0.2, 0) is 0 Å². The molecule has 9 rings (SSSR count). The number of aromatic nitrogens is 3. The highest BCUT2D eigenvalue weighted by Gasteiger charge is 2.16. The van der Waals surface area contributed by atoms with Crippen molar-refractivity contribution in [1.29, 1.82) is 0 Å². The minimum Gasteiger partial charge on any atom is -0.456 e. The Balaban J connectivity index is 1.34. The predicted octanol–water partition coefficient (Wildman–Crippen LogP) is 11.8. The van der Waals surface area contributed by atoms with Crippen molar-refractivity contribution in [1.82, 2.24) is 15.0 Å². The molecule has 0 atom stereocenters. The first-order valence-electron chi connectivity index (χ1n) is 21.8. The molecule has 0 amide bonds. The van der Waals surface area contributed by atoms with Gasteiger partial charge in [0.25, 0.3) is 0 Å².